The van der Waals surface area contributed by atoms with Gasteiger partial charge in [-0.3, -0.25) is 9.59 Å². The minimum atomic E-state index is -0.266. The molecule has 0 amide bonds. The summed E-state index contributed by atoms with van der Waals surface area (Å²) in [6.07, 6.45) is 1.80. The Morgan fingerprint density at radius 1 is 0.905 bits per heavy atom. The number of allylic oxidation sites excluding steroid dienone is 1. The van der Waals surface area contributed by atoms with Gasteiger partial charge in [0.1, 0.15) is 0 Å². The second kappa shape index (κ2) is 7.31. The molecule has 3 heteroatoms. The van der Waals surface area contributed by atoms with E-state index < -0.39 is 0 Å². The van der Waals surface area contributed by atoms with Gasteiger partial charge in [0.2, 0.25) is 0 Å². The van der Waals surface area contributed by atoms with Crippen molar-refractivity contribution < 1.29 is 9.59 Å². The third kappa shape index (κ3) is 3.97. The fraction of sp³-hybridized carbons (Fsp3) is 0.111. The molecule has 0 heterocycles. The van der Waals surface area contributed by atoms with Crippen molar-refractivity contribution in [2.24, 2.45) is 5.73 Å². The van der Waals surface area contributed by atoms with Gasteiger partial charge in [-0.05, 0) is 18.2 Å². The smallest absolute Gasteiger partial charge is 0.196 e. The van der Waals surface area contributed by atoms with Crippen molar-refractivity contribution in [3.05, 3.63) is 77.4 Å². The van der Waals surface area contributed by atoms with Crippen LogP contribution in [0.1, 0.15) is 22.3 Å². The van der Waals surface area contributed by atoms with E-state index >= 15 is 0 Å². The minimum absolute atomic E-state index is 0.164. The summed E-state index contributed by atoms with van der Waals surface area (Å²) in [5.41, 5.74) is 6.94. The summed E-state index contributed by atoms with van der Waals surface area (Å²) in [6.45, 7) is 0.229. The summed E-state index contributed by atoms with van der Waals surface area (Å²) in [4.78, 5) is 24.7. The number of nitrogens with two attached hydrogens (primary N) is 1. The maximum atomic E-state index is 12.5. The summed E-state index contributed by atoms with van der Waals surface area (Å²) in [6, 6.07) is 18.1. The largest absolute Gasteiger partial charge is 0.330 e. The van der Waals surface area contributed by atoms with Crippen LogP contribution in [0, 0.1) is 0 Å². The van der Waals surface area contributed by atoms with Crippen LogP contribution in [0.25, 0.3) is 6.08 Å². The summed E-state index contributed by atoms with van der Waals surface area (Å²) < 4.78 is 0. The highest BCUT2D eigenvalue weighted by Gasteiger charge is 2.18. The molecule has 0 fully saturated rings. The number of benzene rings is 2. The summed E-state index contributed by atoms with van der Waals surface area (Å²) in [7, 11) is 0. The van der Waals surface area contributed by atoms with Crippen LogP contribution >= 0.6 is 0 Å². The van der Waals surface area contributed by atoms with E-state index in [-0.39, 0.29) is 30.1 Å². The zero-order chi connectivity index (χ0) is 15.1. The first-order valence-electron chi connectivity index (χ1n) is 6.82. The van der Waals surface area contributed by atoms with Crippen LogP contribution in [-0.2, 0) is 4.79 Å². The Hall–Kier alpha value is -2.52. The van der Waals surface area contributed by atoms with Crippen LogP contribution in [0.5, 0.6) is 0 Å². The third-order valence-electron chi connectivity index (χ3n) is 3.06. The molecule has 0 bridgehead atoms. The third-order valence-corrected chi connectivity index (χ3v) is 3.06. The lowest BCUT2D eigenvalue weighted by molar-refractivity contribution is -0.115. The van der Waals surface area contributed by atoms with Crippen molar-refractivity contribution in [2.75, 3.05) is 6.54 Å². The van der Waals surface area contributed by atoms with Crippen molar-refractivity contribution in [2.45, 2.75) is 6.42 Å². The lowest BCUT2D eigenvalue weighted by atomic mass is 9.96. The monoisotopic (exact) mass is 279 g/mol. The fourth-order valence-electron chi connectivity index (χ4n) is 2.00. The molecule has 0 aliphatic heterocycles. The van der Waals surface area contributed by atoms with Gasteiger partial charge in [-0.15, -0.1) is 0 Å². The van der Waals surface area contributed by atoms with Crippen LogP contribution in [0.4, 0.5) is 0 Å². The molecule has 2 rings (SSSR count). The molecule has 0 aliphatic carbocycles. The molecule has 0 aliphatic rings. The molecule has 21 heavy (non-hydrogen) atoms. The molecule has 0 radical (unpaired) electrons. The maximum Gasteiger partial charge on any atom is 0.196 e. The topological polar surface area (TPSA) is 60.2 Å². The van der Waals surface area contributed by atoms with E-state index in [0.717, 1.165) is 5.56 Å². The Balaban J connectivity index is 2.40. The van der Waals surface area contributed by atoms with Gasteiger partial charge < -0.3 is 5.73 Å². The van der Waals surface area contributed by atoms with Crippen molar-refractivity contribution in [1.82, 2.24) is 0 Å². The second-order valence-electron chi connectivity index (χ2n) is 4.63. The Labute approximate surface area is 124 Å². The number of hydrogen-bond donors (Lipinski definition) is 1. The van der Waals surface area contributed by atoms with Crippen molar-refractivity contribution in [3.8, 4) is 0 Å². The predicted molar refractivity (Wildman–Crippen MR) is 83.9 cm³/mol. The molecule has 0 unspecified atom stereocenters. The van der Waals surface area contributed by atoms with Crippen LogP contribution in [-0.4, -0.2) is 18.1 Å². The van der Waals surface area contributed by atoms with Gasteiger partial charge in [-0.25, -0.2) is 0 Å². The fourth-order valence-corrected chi connectivity index (χ4v) is 2.00. The Kier molecular flexibility index (Phi) is 5.18. The molecular formula is C18H17NO2. The van der Waals surface area contributed by atoms with Gasteiger partial charge in [0, 0.05) is 12.0 Å². The molecule has 106 valence electrons. The molecule has 2 aromatic carbocycles. The Morgan fingerprint density at radius 2 is 1.48 bits per heavy atom. The van der Waals surface area contributed by atoms with Crippen LogP contribution in [0.2, 0.25) is 0 Å². The van der Waals surface area contributed by atoms with Gasteiger partial charge in [-0.1, -0.05) is 60.7 Å². The number of hydrogen-bond acceptors (Lipinski definition) is 3. The van der Waals surface area contributed by atoms with E-state index in [1.54, 1.807) is 30.3 Å². The zero-order valence-corrected chi connectivity index (χ0v) is 11.7. The highest BCUT2D eigenvalue weighted by molar-refractivity contribution is 6.28. The van der Waals surface area contributed by atoms with Crippen LogP contribution < -0.4 is 5.73 Å². The lowest BCUT2D eigenvalue weighted by Crippen LogP contribution is -2.16. The molecule has 0 aromatic heterocycles. The number of Topliss-reactive ketones (excluding diaryl/α,β-unsaturated/α-hetero) is 2. The SMILES string of the molecule is NCCC(=O)/C(=C\c1ccccc1)C(=O)c1ccccc1. The number of carbonyl (C=O) groups is 2. The highest BCUT2D eigenvalue weighted by Crippen LogP contribution is 2.15. The highest BCUT2D eigenvalue weighted by atomic mass is 16.1. The van der Waals surface area contributed by atoms with Crippen molar-refractivity contribution in [3.63, 3.8) is 0 Å². The van der Waals surface area contributed by atoms with Gasteiger partial charge in [0.25, 0.3) is 0 Å². The van der Waals surface area contributed by atoms with Gasteiger partial charge in [-0.2, -0.15) is 0 Å². The Bertz CT molecular complexity index is 645. The van der Waals surface area contributed by atoms with E-state index in [0.29, 0.717) is 5.56 Å². The molecule has 3 nitrogen and oxygen atoms in total. The number of ketones is 2. The zero-order valence-electron chi connectivity index (χ0n) is 11.7. The summed E-state index contributed by atoms with van der Waals surface area (Å²) in [5.74, 6) is -0.492. The van der Waals surface area contributed by atoms with Crippen LogP contribution in [0.3, 0.4) is 0 Å². The standard InChI is InChI=1S/C18H17NO2/c19-12-11-17(20)16(13-14-7-3-1-4-8-14)18(21)15-9-5-2-6-10-15/h1-10,13H,11-12,19H2/b16-13+. The summed E-state index contributed by atoms with van der Waals surface area (Å²) in [5, 5.41) is 0. The predicted octanol–water partition coefficient (Wildman–Crippen LogP) is 2.87. The first-order valence-corrected chi connectivity index (χ1v) is 6.82. The second-order valence-corrected chi connectivity index (χ2v) is 4.63. The summed E-state index contributed by atoms with van der Waals surface area (Å²) >= 11 is 0. The molecule has 0 spiro atoms. The van der Waals surface area contributed by atoms with E-state index in [4.69, 9.17) is 5.73 Å². The molecule has 2 N–H and O–H groups in total. The molecule has 0 saturated heterocycles. The van der Waals surface area contributed by atoms with E-state index in [9.17, 15) is 9.59 Å². The normalized spacial score (nSPS) is 11.2. The van der Waals surface area contributed by atoms with Gasteiger partial charge in [0.15, 0.2) is 11.6 Å². The first-order chi connectivity index (χ1) is 10.2. The van der Waals surface area contributed by atoms with Crippen molar-refractivity contribution in [1.29, 1.82) is 0 Å². The molecular weight excluding hydrogens is 262 g/mol. The minimum Gasteiger partial charge on any atom is -0.330 e. The molecule has 2 aromatic rings. The average molecular weight is 279 g/mol. The maximum absolute atomic E-state index is 12.5. The van der Waals surface area contributed by atoms with E-state index in [2.05, 4.69) is 0 Å². The van der Waals surface area contributed by atoms with E-state index in [1.165, 1.54) is 0 Å². The number of carbonyl (C=O) groups excluding carboxylic acids is 2. The van der Waals surface area contributed by atoms with Gasteiger partial charge in [0.05, 0.1) is 5.57 Å². The van der Waals surface area contributed by atoms with E-state index in [1.807, 2.05) is 36.4 Å². The van der Waals surface area contributed by atoms with Gasteiger partial charge >= 0.3 is 0 Å². The van der Waals surface area contributed by atoms with Crippen LogP contribution in [0.15, 0.2) is 66.2 Å². The Morgan fingerprint density at radius 3 is 2.05 bits per heavy atom. The van der Waals surface area contributed by atoms with Crippen molar-refractivity contribution >= 4 is 17.6 Å². The lowest BCUT2D eigenvalue weighted by Gasteiger charge is -2.06. The molecule has 0 atom stereocenters. The average Bonchev–Trinajstić information content (AvgIpc) is 2.54. The first kappa shape index (κ1) is 14.9. The quantitative estimate of drug-likeness (QED) is 0.383. The number of rotatable bonds is 6. The molecule has 0 saturated carbocycles.